The van der Waals surface area contributed by atoms with Crippen molar-refractivity contribution in [1.29, 1.82) is 0 Å². The van der Waals surface area contributed by atoms with Crippen LogP contribution in [0.5, 0.6) is 34.5 Å². The summed E-state index contributed by atoms with van der Waals surface area (Å²) in [6, 6.07) is 6.86. The van der Waals surface area contributed by atoms with Crippen LogP contribution in [0.2, 0.25) is 30.5 Å². The zero-order valence-corrected chi connectivity index (χ0v) is 46.8. The third kappa shape index (κ3) is 11.7. The Morgan fingerprint density at radius 3 is 1.19 bits per heavy atom. The number of halogens is 6. The van der Waals surface area contributed by atoms with Crippen LogP contribution in [0.3, 0.4) is 0 Å². The molecular weight excluding hydrogens is 1200 g/mol. The molecule has 0 aliphatic carbocycles. The maximum Gasteiger partial charge on any atom is 0.315 e. The van der Waals surface area contributed by atoms with Crippen LogP contribution in [0.15, 0.2) is 50.0 Å². The summed E-state index contributed by atoms with van der Waals surface area (Å²) in [5, 5.41) is 96.9. The summed E-state index contributed by atoms with van der Waals surface area (Å²) in [5.74, 6) is -3.11. The van der Waals surface area contributed by atoms with Gasteiger partial charge in [-0.15, -0.1) is 0 Å². The van der Waals surface area contributed by atoms with Crippen LogP contribution in [0.4, 0.5) is 17.1 Å². The summed E-state index contributed by atoms with van der Waals surface area (Å²) in [4.78, 5) is 51.7. The van der Waals surface area contributed by atoms with E-state index in [4.69, 9.17) is 92.6 Å². The number of nitrogens with zero attached hydrogens (tertiary/aromatic N) is 12. The van der Waals surface area contributed by atoms with Crippen LogP contribution in [0.1, 0.15) is 33.8 Å². The third-order valence-corrected chi connectivity index (χ3v) is 14.2. The Bertz CT molecular complexity index is 4020. The number of aromatic nitrogens is 9. The molecule has 9 rings (SSSR count). The molecule has 0 spiro atoms. The Labute approximate surface area is 482 Å². The maximum atomic E-state index is 12.1. The van der Waals surface area contributed by atoms with E-state index in [1.165, 1.54) is 33.3 Å². The van der Waals surface area contributed by atoms with E-state index in [2.05, 4.69) is 40.4 Å². The molecule has 81 heavy (non-hydrogen) atoms. The minimum Gasteiger partial charge on any atom is -0.617 e. The van der Waals surface area contributed by atoms with Crippen LogP contribution in [0.25, 0.3) is 68.5 Å². The Morgan fingerprint density at radius 2 is 0.827 bits per heavy atom. The summed E-state index contributed by atoms with van der Waals surface area (Å²) in [6.45, 7) is 10.0. The van der Waals surface area contributed by atoms with Crippen LogP contribution in [0, 0.1) is 77.1 Å². The SMILES string of the molecule is COc1cc(-c2nc(-c3c(C)c(Cl)c(C)[n+]([O-])c3Cl)no2)cc([N+](=O)[O-])c1O.COc1cc(-c2nc(-c3c(Cl)nc(C)c(Cl)c3C)no2)cc([N+](=O)[O-])c1O.Cc1nc(Cl)c(-c2noc(-c3cc(O)c(O)c([N+](=O)[O-])c3)n2)c(C)c1Cl. The number of phenolic OH excluding ortho intramolecular Hbond substituents is 4. The minimum atomic E-state index is -0.855. The van der Waals surface area contributed by atoms with Gasteiger partial charge in [-0.2, -0.15) is 19.7 Å². The summed E-state index contributed by atoms with van der Waals surface area (Å²) in [5.41, 5.74) is 2.43. The number of nitro benzene ring substituents is 3. The summed E-state index contributed by atoms with van der Waals surface area (Å²) >= 11 is 37.0. The van der Waals surface area contributed by atoms with E-state index in [1.807, 2.05) is 0 Å². The van der Waals surface area contributed by atoms with E-state index in [-0.39, 0.29) is 95.1 Å². The number of rotatable bonds is 11. The van der Waals surface area contributed by atoms with Gasteiger partial charge in [-0.3, -0.25) is 30.3 Å². The molecule has 4 N–H and O–H groups in total. The lowest BCUT2D eigenvalue weighted by Gasteiger charge is -2.10. The second-order valence-corrected chi connectivity index (χ2v) is 18.8. The number of hydrogen-bond donors (Lipinski definition) is 4. The van der Waals surface area contributed by atoms with Gasteiger partial charge in [0.25, 0.3) is 22.8 Å². The molecule has 0 saturated carbocycles. The Balaban J connectivity index is 0.000000175. The lowest BCUT2D eigenvalue weighted by atomic mass is 10.1. The van der Waals surface area contributed by atoms with Crippen LogP contribution < -0.4 is 14.2 Å². The van der Waals surface area contributed by atoms with Gasteiger partial charge in [0.05, 0.1) is 78.2 Å². The number of hydrogen-bond acceptors (Lipinski definition) is 24. The summed E-state index contributed by atoms with van der Waals surface area (Å²) < 4.78 is 25.8. The van der Waals surface area contributed by atoms with Crippen LogP contribution in [-0.2, 0) is 0 Å². The highest BCUT2D eigenvalue weighted by Crippen LogP contribution is 2.44. The minimum absolute atomic E-state index is 0.0290. The van der Waals surface area contributed by atoms with Crippen LogP contribution in [-0.4, -0.2) is 89.8 Å². The molecule has 9 aromatic rings. The zero-order valence-electron chi connectivity index (χ0n) is 42.3. The van der Waals surface area contributed by atoms with Gasteiger partial charge in [-0.1, -0.05) is 73.5 Å². The summed E-state index contributed by atoms with van der Waals surface area (Å²) in [7, 11) is 2.51. The summed E-state index contributed by atoms with van der Waals surface area (Å²) in [6.07, 6.45) is 0. The van der Waals surface area contributed by atoms with Crippen molar-refractivity contribution in [3.05, 3.63) is 136 Å². The Morgan fingerprint density at radius 1 is 0.494 bits per heavy atom. The first-order valence-electron chi connectivity index (χ1n) is 22.2. The number of nitro groups is 3. The van der Waals surface area contributed by atoms with Crippen molar-refractivity contribution in [3.63, 3.8) is 0 Å². The highest BCUT2D eigenvalue weighted by Gasteiger charge is 2.30. The van der Waals surface area contributed by atoms with Gasteiger partial charge in [0.2, 0.25) is 40.4 Å². The molecule has 0 fully saturated rings. The number of benzene rings is 3. The fraction of sp³-hybridized carbons (Fsp3) is 0.170. The molecule has 34 heteroatoms. The molecule has 6 aromatic heterocycles. The van der Waals surface area contributed by atoms with E-state index >= 15 is 0 Å². The monoisotopic (exact) mass is 1230 g/mol. The highest BCUT2D eigenvalue weighted by atomic mass is 35.5. The van der Waals surface area contributed by atoms with Crippen molar-refractivity contribution >= 4 is 86.7 Å². The molecular formula is C47H34Cl6N12O16. The topological polar surface area (TPSA) is 398 Å². The molecule has 0 unspecified atom stereocenters. The first-order valence-corrected chi connectivity index (χ1v) is 24.4. The highest BCUT2D eigenvalue weighted by molar-refractivity contribution is 6.36. The number of aromatic hydroxyl groups is 4. The van der Waals surface area contributed by atoms with Gasteiger partial charge in [-0.25, -0.2) is 9.97 Å². The first-order chi connectivity index (χ1) is 38.1. The van der Waals surface area contributed by atoms with Gasteiger partial charge >= 0.3 is 17.1 Å². The van der Waals surface area contributed by atoms with Gasteiger partial charge < -0.3 is 48.7 Å². The largest absolute Gasteiger partial charge is 0.617 e. The zero-order chi connectivity index (χ0) is 59.8. The number of methoxy groups -OCH3 is 2. The van der Waals surface area contributed by atoms with Crippen molar-refractivity contribution in [2.24, 2.45) is 0 Å². The molecule has 0 aliphatic heterocycles. The average Bonchev–Trinajstić information content (AvgIpc) is 4.39. The van der Waals surface area contributed by atoms with Crippen LogP contribution >= 0.6 is 69.6 Å². The molecule has 0 atom stereocenters. The molecule has 0 bridgehead atoms. The molecule has 0 saturated heterocycles. The number of phenols is 4. The fourth-order valence-corrected chi connectivity index (χ4v) is 8.95. The molecule has 28 nitrogen and oxygen atoms in total. The molecule has 6 heterocycles. The maximum absolute atomic E-state index is 12.1. The van der Waals surface area contributed by atoms with E-state index in [1.54, 1.807) is 34.6 Å². The standard InChI is InChI=1S/C16H12Cl2N4O6.C16H12Cl2N4O5.C15H10Cl2N4O5/c1-6-11(14(18)21(24)7(2)12(6)17)15-19-16(28-20-15)8-4-9(22(25)26)13(23)10(5-8)27-3;1-6-11(14(18)19-7(2)12(6)17)15-20-16(27-21-15)8-4-9(22(24)25)13(23)10(5-8)26-3;1-5-10(13(17)18-6(2)11(5)16)14-19-15(26-20-14)7-3-8(21(24)25)12(23)9(22)4-7/h4-5,23H,1-3H3;4-5,23H,1-3H3;3-4,22-23H,1-2H3. The molecule has 0 radical (unpaired) electrons. The van der Waals surface area contributed by atoms with E-state index in [9.17, 15) is 56.0 Å². The first kappa shape index (κ1) is 59.7. The normalized spacial score (nSPS) is 10.9. The molecule has 420 valence electrons. The lowest BCUT2D eigenvalue weighted by Crippen LogP contribution is -2.33. The number of pyridine rings is 3. The van der Waals surface area contributed by atoms with Crippen molar-refractivity contribution < 1.29 is 63.0 Å². The van der Waals surface area contributed by atoms with Crippen molar-refractivity contribution in [3.8, 4) is 103 Å². The number of ether oxygens (including phenoxy) is 2. The quantitative estimate of drug-likeness (QED) is 0.0233. The van der Waals surface area contributed by atoms with Gasteiger partial charge in [0.1, 0.15) is 20.9 Å². The lowest BCUT2D eigenvalue weighted by molar-refractivity contribution is -0.609. The van der Waals surface area contributed by atoms with Gasteiger partial charge in [0.15, 0.2) is 17.2 Å². The fourth-order valence-electron chi connectivity index (χ4n) is 7.45. The second kappa shape index (κ2) is 23.8. The molecule has 0 amide bonds. The smallest absolute Gasteiger partial charge is 0.315 e. The predicted molar refractivity (Wildman–Crippen MR) is 288 cm³/mol. The Kier molecular flexibility index (Phi) is 17.6. The third-order valence-electron chi connectivity index (χ3n) is 11.6. The average molecular weight is 1240 g/mol. The Hall–Kier alpha value is -8.93. The predicted octanol–water partition coefficient (Wildman–Crippen LogP) is 12.0. The number of aryl methyl sites for hydroxylation is 2. The van der Waals surface area contributed by atoms with Gasteiger partial charge in [0, 0.05) is 25.1 Å². The van der Waals surface area contributed by atoms with Crippen molar-refractivity contribution in [2.45, 2.75) is 41.5 Å². The second-order valence-electron chi connectivity index (χ2n) is 16.6. The van der Waals surface area contributed by atoms with E-state index < -0.39 is 54.8 Å². The molecule has 3 aromatic carbocycles. The van der Waals surface area contributed by atoms with E-state index in [0.717, 1.165) is 24.3 Å². The van der Waals surface area contributed by atoms with E-state index in [0.29, 0.717) is 54.0 Å². The van der Waals surface area contributed by atoms with Crippen molar-refractivity contribution in [2.75, 3.05) is 14.2 Å². The van der Waals surface area contributed by atoms with Crippen molar-refractivity contribution in [1.82, 2.24) is 40.4 Å². The molecule has 0 aliphatic rings. The van der Waals surface area contributed by atoms with Gasteiger partial charge in [-0.05, 0) is 81.1 Å².